The number of hydrogen-bond acceptors (Lipinski definition) is 5. The monoisotopic (exact) mass is 267 g/mol. The molecule has 92 valence electrons. The van der Waals surface area contributed by atoms with Gasteiger partial charge in [-0.05, 0) is 19.8 Å². The zero-order chi connectivity index (χ0) is 12.4. The summed E-state index contributed by atoms with van der Waals surface area (Å²) in [5.74, 6) is 0.634. The molecule has 0 amide bonds. The van der Waals surface area contributed by atoms with Gasteiger partial charge >= 0.3 is 0 Å². The van der Waals surface area contributed by atoms with Crippen LogP contribution in [0, 0.1) is 19.8 Å². The summed E-state index contributed by atoms with van der Waals surface area (Å²) in [7, 11) is 0. The molecule has 0 unspecified atom stereocenters. The van der Waals surface area contributed by atoms with Crippen molar-refractivity contribution in [3.05, 3.63) is 16.1 Å². The van der Waals surface area contributed by atoms with E-state index >= 15 is 0 Å². The molecular formula is C12H17N3S2. The summed E-state index contributed by atoms with van der Waals surface area (Å²) in [6.45, 7) is 9.43. The first kappa shape index (κ1) is 12.5. The van der Waals surface area contributed by atoms with Crippen LogP contribution in [0.15, 0.2) is 5.38 Å². The van der Waals surface area contributed by atoms with Gasteiger partial charge in [-0.3, -0.25) is 0 Å². The molecule has 2 aromatic rings. The molecule has 5 heteroatoms. The number of aryl methyl sites for hydroxylation is 2. The minimum absolute atomic E-state index is 0.634. The predicted molar refractivity (Wildman–Crippen MR) is 76.0 cm³/mol. The van der Waals surface area contributed by atoms with Crippen molar-refractivity contribution in [1.82, 2.24) is 9.97 Å². The van der Waals surface area contributed by atoms with Crippen LogP contribution < -0.4 is 5.32 Å². The first-order valence-electron chi connectivity index (χ1n) is 5.70. The SMILES string of the molecule is Cc1nc(C)c(-c2csc(NCC(C)C)n2)s1. The van der Waals surface area contributed by atoms with Crippen LogP contribution in [0.5, 0.6) is 0 Å². The van der Waals surface area contributed by atoms with Gasteiger partial charge in [0.1, 0.15) is 0 Å². The van der Waals surface area contributed by atoms with Crippen LogP contribution in [0.1, 0.15) is 24.5 Å². The van der Waals surface area contributed by atoms with E-state index in [1.165, 1.54) is 4.88 Å². The Morgan fingerprint density at radius 2 is 2.06 bits per heavy atom. The largest absolute Gasteiger partial charge is 0.361 e. The fraction of sp³-hybridized carbons (Fsp3) is 0.500. The Hall–Kier alpha value is -0.940. The predicted octanol–water partition coefficient (Wildman–Crippen LogP) is 3.95. The summed E-state index contributed by atoms with van der Waals surface area (Å²) >= 11 is 3.37. The topological polar surface area (TPSA) is 37.8 Å². The van der Waals surface area contributed by atoms with E-state index in [2.05, 4.69) is 34.5 Å². The number of thiazole rings is 2. The van der Waals surface area contributed by atoms with Gasteiger partial charge in [-0.25, -0.2) is 9.97 Å². The molecule has 0 fully saturated rings. The maximum absolute atomic E-state index is 4.60. The zero-order valence-electron chi connectivity index (χ0n) is 10.6. The van der Waals surface area contributed by atoms with Crippen molar-refractivity contribution in [2.45, 2.75) is 27.7 Å². The lowest BCUT2D eigenvalue weighted by Gasteiger charge is -2.04. The summed E-state index contributed by atoms with van der Waals surface area (Å²) < 4.78 is 0. The molecule has 0 aliphatic heterocycles. The third kappa shape index (κ3) is 3.04. The van der Waals surface area contributed by atoms with Gasteiger partial charge in [0, 0.05) is 11.9 Å². The highest BCUT2D eigenvalue weighted by Crippen LogP contribution is 2.31. The van der Waals surface area contributed by atoms with E-state index in [-0.39, 0.29) is 0 Å². The first-order chi connectivity index (χ1) is 8.06. The van der Waals surface area contributed by atoms with Crippen molar-refractivity contribution < 1.29 is 0 Å². The second kappa shape index (κ2) is 5.14. The summed E-state index contributed by atoms with van der Waals surface area (Å²) in [6, 6.07) is 0. The molecule has 0 atom stereocenters. The summed E-state index contributed by atoms with van der Waals surface area (Å²) in [6.07, 6.45) is 0. The standard InChI is InChI=1S/C12H17N3S2/c1-7(2)5-13-12-15-10(6-16-12)11-8(3)14-9(4)17-11/h6-7H,5H2,1-4H3,(H,13,15). The zero-order valence-corrected chi connectivity index (χ0v) is 12.2. The van der Waals surface area contributed by atoms with Crippen LogP contribution in [-0.2, 0) is 0 Å². The summed E-state index contributed by atoms with van der Waals surface area (Å²) in [4.78, 5) is 10.2. The van der Waals surface area contributed by atoms with Crippen LogP contribution in [0.2, 0.25) is 0 Å². The van der Waals surface area contributed by atoms with Gasteiger partial charge in [0.25, 0.3) is 0 Å². The Labute approximate surface area is 110 Å². The second-order valence-corrected chi connectivity index (χ2v) is 6.52. The normalized spacial score (nSPS) is 11.1. The van der Waals surface area contributed by atoms with Gasteiger partial charge in [-0.1, -0.05) is 13.8 Å². The number of anilines is 1. The van der Waals surface area contributed by atoms with E-state index in [4.69, 9.17) is 0 Å². The van der Waals surface area contributed by atoms with Crippen LogP contribution >= 0.6 is 22.7 Å². The lowest BCUT2D eigenvalue weighted by molar-refractivity contribution is 0.688. The molecule has 0 radical (unpaired) electrons. The number of hydrogen-bond donors (Lipinski definition) is 1. The highest BCUT2D eigenvalue weighted by atomic mass is 32.1. The molecule has 2 aromatic heterocycles. The Bertz CT molecular complexity index is 500. The van der Waals surface area contributed by atoms with Crippen molar-refractivity contribution in [3.63, 3.8) is 0 Å². The van der Waals surface area contributed by atoms with E-state index in [9.17, 15) is 0 Å². The average molecular weight is 267 g/mol. The molecule has 0 aliphatic carbocycles. The van der Waals surface area contributed by atoms with Gasteiger partial charge in [-0.2, -0.15) is 0 Å². The van der Waals surface area contributed by atoms with Gasteiger partial charge in [0.2, 0.25) is 0 Å². The molecular weight excluding hydrogens is 250 g/mol. The first-order valence-corrected chi connectivity index (χ1v) is 7.39. The van der Waals surface area contributed by atoms with Crippen molar-refractivity contribution in [1.29, 1.82) is 0 Å². The molecule has 0 saturated carbocycles. The van der Waals surface area contributed by atoms with Crippen molar-refractivity contribution >= 4 is 27.8 Å². The van der Waals surface area contributed by atoms with Crippen LogP contribution in [0.3, 0.4) is 0 Å². The number of rotatable bonds is 4. The molecule has 0 aromatic carbocycles. The average Bonchev–Trinajstić information content (AvgIpc) is 2.82. The minimum atomic E-state index is 0.634. The summed E-state index contributed by atoms with van der Waals surface area (Å²) in [5, 5.41) is 7.55. The molecule has 2 heterocycles. The van der Waals surface area contributed by atoms with Gasteiger partial charge in [0.15, 0.2) is 5.13 Å². The maximum Gasteiger partial charge on any atom is 0.183 e. The molecule has 1 N–H and O–H groups in total. The van der Waals surface area contributed by atoms with Crippen molar-refractivity contribution in [2.24, 2.45) is 5.92 Å². The second-order valence-electron chi connectivity index (χ2n) is 4.46. The number of nitrogens with one attached hydrogen (secondary N) is 1. The lowest BCUT2D eigenvalue weighted by Crippen LogP contribution is -2.07. The number of nitrogens with zero attached hydrogens (tertiary/aromatic N) is 2. The quantitative estimate of drug-likeness (QED) is 0.911. The molecule has 0 spiro atoms. The van der Waals surface area contributed by atoms with Gasteiger partial charge in [-0.15, -0.1) is 22.7 Å². The summed E-state index contributed by atoms with van der Waals surface area (Å²) in [5.41, 5.74) is 2.12. The minimum Gasteiger partial charge on any atom is -0.361 e. The fourth-order valence-electron chi connectivity index (χ4n) is 1.52. The third-order valence-electron chi connectivity index (χ3n) is 2.30. The third-order valence-corrected chi connectivity index (χ3v) is 4.20. The van der Waals surface area contributed by atoms with Crippen LogP contribution in [0.4, 0.5) is 5.13 Å². The highest BCUT2D eigenvalue weighted by molar-refractivity contribution is 7.16. The smallest absolute Gasteiger partial charge is 0.183 e. The van der Waals surface area contributed by atoms with E-state index in [1.54, 1.807) is 22.7 Å². The van der Waals surface area contributed by atoms with Crippen LogP contribution in [-0.4, -0.2) is 16.5 Å². The van der Waals surface area contributed by atoms with E-state index in [1.807, 2.05) is 13.8 Å². The number of aromatic nitrogens is 2. The Morgan fingerprint density at radius 3 is 2.65 bits per heavy atom. The van der Waals surface area contributed by atoms with E-state index in [0.29, 0.717) is 5.92 Å². The van der Waals surface area contributed by atoms with Crippen molar-refractivity contribution in [3.8, 4) is 10.6 Å². The molecule has 0 saturated heterocycles. The maximum atomic E-state index is 4.60. The van der Waals surface area contributed by atoms with Crippen molar-refractivity contribution in [2.75, 3.05) is 11.9 Å². The molecule has 2 rings (SSSR count). The Kier molecular flexibility index (Phi) is 3.79. The highest BCUT2D eigenvalue weighted by Gasteiger charge is 2.11. The molecule has 0 aliphatic rings. The molecule has 17 heavy (non-hydrogen) atoms. The molecule has 0 bridgehead atoms. The molecule has 3 nitrogen and oxygen atoms in total. The van der Waals surface area contributed by atoms with E-state index < -0.39 is 0 Å². The van der Waals surface area contributed by atoms with Crippen LogP contribution in [0.25, 0.3) is 10.6 Å². The van der Waals surface area contributed by atoms with Gasteiger partial charge < -0.3 is 5.32 Å². The Morgan fingerprint density at radius 1 is 1.29 bits per heavy atom. The lowest BCUT2D eigenvalue weighted by atomic mass is 10.2. The van der Waals surface area contributed by atoms with Gasteiger partial charge in [0.05, 0.1) is 21.3 Å². The fourth-order valence-corrected chi connectivity index (χ4v) is 3.19. The van der Waals surface area contributed by atoms with E-state index in [0.717, 1.165) is 28.1 Å². The Balaban J connectivity index is 2.15.